The molecule has 3 N–H and O–H groups in total. The van der Waals surface area contributed by atoms with E-state index in [1.54, 1.807) is 4.90 Å². The zero-order valence-electron chi connectivity index (χ0n) is 9.59. The maximum Gasteiger partial charge on any atom is 0.226 e. The van der Waals surface area contributed by atoms with Crippen LogP contribution in [0.2, 0.25) is 0 Å². The van der Waals surface area contributed by atoms with Gasteiger partial charge in [0.1, 0.15) is 0 Å². The second-order valence-electron chi connectivity index (χ2n) is 4.84. The molecule has 1 aliphatic heterocycles. The van der Waals surface area contributed by atoms with Crippen molar-refractivity contribution in [2.24, 2.45) is 22.7 Å². The van der Waals surface area contributed by atoms with Crippen LogP contribution in [0.4, 0.5) is 0 Å². The number of nitrogens with two attached hydrogens (primary N) is 1. The molecule has 2 fully saturated rings. The van der Waals surface area contributed by atoms with E-state index >= 15 is 0 Å². The fourth-order valence-corrected chi connectivity index (χ4v) is 2.46. The van der Waals surface area contributed by atoms with Gasteiger partial charge in [-0.15, -0.1) is 0 Å². The molecule has 2 rings (SSSR count). The molecule has 5 heteroatoms. The first kappa shape index (κ1) is 11.2. The SMILES string of the molecule is CC(C(=O)N1CCCC1C(N)=NO)C1CC1. The minimum Gasteiger partial charge on any atom is -0.409 e. The molecule has 0 spiro atoms. The lowest BCUT2D eigenvalue weighted by atomic mass is 10.0. The van der Waals surface area contributed by atoms with E-state index in [0.717, 1.165) is 32.2 Å². The summed E-state index contributed by atoms with van der Waals surface area (Å²) in [6.07, 6.45) is 4.06. The second kappa shape index (κ2) is 4.31. The highest BCUT2D eigenvalue weighted by Gasteiger charge is 2.39. The maximum absolute atomic E-state index is 12.2. The zero-order valence-corrected chi connectivity index (χ0v) is 9.59. The molecule has 1 aliphatic carbocycles. The number of hydrogen-bond acceptors (Lipinski definition) is 3. The van der Waals surface area contributed by atoms with Crippen molar-refractivity contribution in [1.29, 1.82) is 0 Å². The maximum atomic E-state index is 12.2. The van der Waals surface area contributed by atoms with E-state index in [2.05, 4.69) is 5.16 Å². The van der Waals surface area contributed by atoms with Gasteiger partial charge < -0.3 is 15.8 Å². The van der Waals surface area contributed by atoms with E-state index in [4.69, 9.17) is 10.9 Å². The third-order valence-corrected chi connectivity index (χ3v) is 3.71. The van der Waals surface area contributed by atoms with Crippen molar-refractivity contribution in [3.05, 3.63) is 0 Å². The van der Waals surface area contributed by atoms with Crippen LogP contribution in [0.25, 0.3) is 0 Å². The molecule has 2 aliphatic rings. The Hall–Kier alpha value is -1.26. The first-order valence-electron chi connectivity index (χ1n) is 5.93. The van der Waals surface area contributed by atoms with Crippen LogP contribution in [0.5, 0.6) is 0 Å². The highest BCUT2D eigenvalue weighted by Crippen LogP contribution is 2.38. The molecule has 0 radical (unpaired) electrons. The van der Waals surface area contributed by atoms with Crippen molar-refractivity contribution in [2.75, 3.05) is 6.54 Å². The summed E-state index contributed by atoms with van der Waals surface area (Å²) in [6, 6.07) is -0.196. The van der Waals surface area contributed by atoms with Crippen LogP contribution in [0.15, 0.2) is 5.16 Å². The molecule has 1 saturated carbocycles. The summed E-state index contributed by atoms with van der Waals surface area (Å²) >= 11 is 0. The predicted octanol–water partition coefficient (Wildman–Crippen LogP) is 0.770. The molecule has 0 aromatic heterocycles. The topological polar surface area (TPSA) is 78.9 Å². The highest BCUT2D eigenvalue weighted by molar-refractivity contribution is 5.91. The lowest BCUT2D eigenvalue weighted by Crippen LogP contribution is -2.46. The summed E-state index contributed by atoms with van der Waals surface area (Å²) < 4.78 is 0. The van der Waals surface area contributed by atoms with E-state index in [0.29, 0.717) is 5.92 Å². The Morgan fingerprint density at radius 2 is 2.19 bits per heavy atom. The summed E-state index contributed by atoms with van der Waals surface area (Å²) in [5.74, 6) is 0.971. The van der Waals surface area contributed by atoms with E-state index in [9.17, 15) is 4.79 Å². The van der Waals surface area contributed by atoms with Gasteiger partial charge in [-0.3, -0.25) is 4.79 Å². The summed E-state index contributed by atoms with van der Waals surface area (Å²) in [4.78, 5) is 14.0. The molecule has 2 atom stereocenters. The number of carbonyl (C=O) groups excluding carboxylic acids is 1. The number of oxime groups is 1. The third kappa shape index (κ3) is 1.99. The molecule has 1 saturated heterocycles. The number of amidine groups is 1. The van der Waals surface area contributed by atoms with Crippen LogP contribution in [0.1, 0.15) is 32.6 Å². The van der Waals surface area contributed by atoms with Gasteiger partial charge in [-0.1, -0.05) is 12.1 Å². The Kier molecular flexibility index (Phi) is 3.03. The van der Waals surface area contributed by atoms with Crippen LogP contribution in [0.3, 0.4) is 0 Å². The normalized spacial score (nSPS) is 28.2. The smallest absolute Gasteiger partial charge is 0.226 e. The van der Waals surface area contributed by atoms with Crippen molar-refractivity contribution in [3.63, 3.8) is 0 Å². The molecule has 0 aromatic rings. The number of hydrogen-bond donors (Lipinski definition) is 2. The number of amides is 1. The van der Waals surface area contributed by atoms with Gasteiger partial charge in [-0.05, 0) is 31.6 Å². The van der Waals surface area contributed by atoms with E-state index < -0.39 is 0 Å². The van der Waals surface area contributed by atoms with Gasteiger partial charge in [0, 0.05) is 12.5 Å². The van der Waals surface area contributed by atoms with Gasteiger partial charge in [-0.25, -0.2) is 0 Å². The van der Waals surface area contributed by atoms with Crippen LogP contribution in [0, 0.1) is 11.8 Å². The molecule has 1 heterocycles. The summed E-state index contributed by atoms with van der Waals surface area (Å²) in [5, 5.41) is 11.7. The average molecular weight is 225 g/mol. The van der Waals surface area contributed by atoms with Crippen LogP contribution in [-0.4, -0.2) is 34.4 Å². The van der Waals surface area contributed by atoms with Crippen LogP contribution in [-0.2, 0) is 4.79 Å². The molecule has 16 heavy (non-hydrogen) atoms. The van der Waals surface area contributed by atoms with Gasteiger partial charge in [0.05, 0.1) is 6.04 Å². The Balaban J connectivity index is 2.04. The molecule has 5 nitrogen and oxygen atoms in total. The van der Waals surface area contributed by atoms with E-state index in [1.807, 2.05) is 6.92 Å². The molecule has 0 aromatic carbocycles. The Morgan fingerprint density at radius 1 is 1.50 bits per heavy atom. The van der Waals surface area contributed by atoms with Crippen molar-refractivity contribution in [1.82, 2.24) is 4.90 Å². The van der Waals surface area contributed by atoms with Gasteiger partial charge in [0.15, 0.2) is 5.84 Å². The first-order chi connectivity index (χ1) is 7.65. The summed E-state index contributed by atoms with van der Waals surface area (Å²) in [5.41, 5.74) is 5.60. The standard InChI is InChI=1S/C11H19N3O2/c1-7(8-4-5-8)11(15)14-6-2-3-9(14)10(12)13-16/h7-9,16H,2-6H2,1H3,(H2,12,13). The van der Waals surface area contributed by atoms with E-state index in [-0.39, 0.29) is 23.7 Å². The quantitative estimate of drug-likeness (QED) is 0.322. The van der Waals surface area contributed by atoms with E-state index in [1.165, 1.54) is 0 Å². The number of rotatable bonds is 3. The summed E-state index contributed by atoms with van der Waals surface area (Å²) in [7, 11) is 0. The number of carbonyl (C=O) groups is 1. The van der Waals surface area contributed by atoms with Crippen molar-refractivity contribution in [2.45, 2.75) is 38.6 Å². The average Bonchev–Trinajstić information content (AvgIpc) is 3.03. The zero-order chi connectivity index (χ0) is 11.7. The molecular formula is C11H19N3O2. The summed E-state index contributed by atoms with van der Waals surface area (Å²) in [6.45, 7) is 2.72. The molecular weight excluding hydrogens is 206 g/mol. The third-order valence-electron chi connectivity index (χ3n) is 3.71. The van der Waals surface area contributed by atoms with Crippen LogP contribution < -0.4 is 5.73 Å². The largest absolute Gasteiger partial charge is 0.409 e. The minimum atomic E-state index is -0.196. The lowest BCUT2D eigenvalue weighted by molar-refractivity contribution is -0.135. The number of nitrogens with zero attached hydrogens (tertiary/aromatic N) is 2. The lowest BCUT2D eigenvalue weighted by Gasteiger charge is -2.26. The van der Waals surface area contributed by atoms with Gasteiger partial charge >= 0.3 is 0 Å². The fraction of sp³-hybridized carbons (Fsp3) is 0.818. The predicted molar refractivity (Wildman–Crippen MR) is 60.0 cm³/mol. The van der Waals surface area contributed by atoms with Gasteiger partial charge in [0.25, 0.3) is 0 Å². The second-order valence-corrected chi connectivity index (χ2v) is 4.84. The van der Waals surface area contributed by atoms with Gasteiger partial charge in [0.2, 0.25) is 5.91 Å². The fourth-order valence-electron chi connectivity index (χ4n) is 2.46. The molecule has 2 unspecified atom stereocenters. The Morgan fingerprint density at radius 3 is 2.75 bits per heavy atom. The van der Waals surface area contributed by atoms with Crippen molar-refractivity contribution >= 4 is 11.7 Å². The van der Waals surface area contributed by atoms with Crippen molar-refractivity contribution < 1.29 is 10.0 Å². The van der Waals surface area contributed by atoms with Crippen LogP contribution >= 0.6 is 0 Å². The molecule has 90 valence electrons. The van der Waals surface area contributed by atoms with Crippen molar-refractivity contribution in [3.8, 4) is 0 Å². The number of likely N-dealkylation sites (tertiary alicyclic amines) is 1. The minimum absolute atomic E-state index is 0.0899. The molecule has 1 amide bonds. The highest BCUT2D eigenvalue weighted by atomic mass is 16.4. The Bertz CT molecular complexity index is 312. The Labute approximate surface area is 95.3 Å². The first-order valence-corrected chi connectivity index (χ1v) is 5.93. The van der Waals surface area contributed by atoms with Gasteiger partial charge in [-0.2, -0.15) is 0 Å². The molecule has 0 bridgehead atoms. The monoisotopic (exact) mass is 225 g/mol.